The second kappa shape index (κ2) is 13.2. The van der Waals surface area contributed by atoms with Gasteiger partial charge < -0.3 is 4.90 Å². The third-order valence-electron chi connectivity index (χ3n) is 13.2. The summed E-state index contributed by atoms with van der Waals surface area (Å²) in [4.78, 5) is 10.5. The molecule has 0 aliphatic heterocycles. The molecule has 3 aromatic heterocycles. The highest BCUT2D eigenvalue weighted by molar-refractivity contribution is 7.32. The van der Waals surface area contributed by atoms with E-state index in [2.05, 4.69) is 167 Å². The van der Waals surface area contributed by atoms with Crippen LogP contribution in [0.2, 0.25) is 0 Å². The van der Waals surface area contributed by atoms with Gasteiger partial charge in [-0.1, -0.05) is 116 Å². The summed E-state index contributed by atoms with van der Waals surface area (Å²) in [6, 6.07) is 47.6. The van der Waals surface area contributed by atoms with Crippen LogP contribution in [0.25, 0.3) is 62.8 Å². The Morgan fingerprint density at radius 2 is 1.10 bits per heavy atom. The number of anilines is 3. The van der Waals surface area contributed by atoms with Gasteiger partial charge in [0.05, 0.1) is 17.3 Å². The zero-order valence-corrected chi connectivity index (χ0v) is 36.1. The first-order chi connectivity index (χ1) is 28.4. The summed E-state index contributed by atoms with van der Waals surface area (Å²) in [5.41, 5.74) is 18.0. The lowest BCUT2D eigenvalue weighted by Gasteiger charge is -2.31. The van der Waals surface area contributed by atoms with Crippen molar-refractivity contribution in [2.45, 2.75) is 65.2 Å². The van der Waals surface area contributed by atoms with Crippen molar-refractivity contribution in [2.75, 3.05) is 4.90 Å². The van der Waals surface area contributed by atoms with E-state index in [9.17, 15) is 5.26 Å². The molecule has 0 spiro atoms. The molecular weight excluding hydrogens is 787 g/mol. The average Bonchev–Trinajstić information content (AvgIpc) is 4.07. The Morgan fingerprint density at radius 1 is 0.583 bits per heavy atom. The number of hydrogen-bond donors (Lipinski definition) is 0. The van der Waals surface area contributed by atoms with E-state index in [1.165, 1.54) is 80.4 Å². The lowest BCUT2D eigenvalue weighted by atomic mass is 9.81. The highest BCUT2D eigenvalue weighted by atomic mass is 32.1. The van der Waals surface area contributed by atoms with Crippen LogP contribution in [-0.2, 0) is 16.2 Å². The number of hydrogen-bond acceptors (Lipinski definition) is 5. The molecule has 6 heteroatoms. The van der Waals surface area contributed by atoms with Gasteiger partial charge in [0.2, 0.25) is 0 Å². The summed E-state index contributed by atoms with van der Waals surface area (Å²) in [5, 5.41) is 9.29. The predicted octanol–water partition coefficient (Wildman–Crippen LogP) is 16.5. The number of thiophene rings is 3. The van der Waals surface area contributed by atoms with E-state index < -0.39 is 0 Å². The van der Waals surface area contributed by atoms with Gasteiger partial charge in [-0.15, -0.1) is 34.0 Å². The molecule has 60 heavy (non-hydrogen) atoms. The monoisotopic (exact) mass is 829 g/mol. The van der Waals surface area contributed by atoms with Crippen LogP contribution in [0.5, 0.6) is 0 Å². The van der Waals surface area contributed by atoms with Gasteiger partial charge in [0.1, 0.15) is 0 Å². The molecule has 11 rings (SSSR count). The fourth-order valence-electron chi connectivity index (χ4n) is 10.2. The van der Waals surface area contributed by atoms with Gasteiger partial charge in [-0.25, -0.2) is 10.1 Å². The lowest BCUT2D eigenvalue weighted by molar-refractivity contribution is 0.660. The Balaban J connectivity index is 0.00000433. The van der Waals surface area contributed by atoms with Crippen LogP contribution in [0.4, 0.5) is 17.1 Å². The van der Waals surface area contributed by atoms with E-state index >= 15 is 0 Å². The number of benzene rings is 5. The molecule has 8 aromatic rings. The average molecular weight is 830 g/mol. The molecule has 5 aromatic carbocycles. The van der Waals surface area contributed by atoms with Crippen molar-refractivity contribution in [1.29, 1.82) is 5.26 Å². The zero-order chi connectivity index (χ0) is 40.6. The molecule has 292 valence electrons. The zero-order valence-electron chi connectivity index (χ0n) is 33.7. The second-order valence-electron chi connectivity index (χ2n) is 17.6. The normalized spacial score (nSPS) is 15.5. The molecule has 3 aliphatic carbocycles. The minimum atomic E-state index is -0.212. The number of allylic oxidation sites excluding steroid dienone is 1. The van der Waals surface area contributed by atoms with Crippen LogP contribution in [0.15, 0.2) is 127 Å². The molecule has 3 heterocycles. The summed E-state index contributed by atoms with van der Waals surface area (Å²) in [5.74, 6) is 0. The van der Waals surface area contributed by atoms with Crippen molar-refractivity contribution in [3.8, 4) is 48.5 Å². The van der Waals surface area contributed by atoms with Crippen molar-refractivity contribution in [3.05, 3.63) is 177 Å². The molecular formula is C54H43N3S3. The fraction of sp³-hybridized carbons (Fsp3) is 0.185. The molecule has 3 nitrogen and oxygen atoms in total. The van der Waals surface area contributed by atoms with Crippen molar-refractivity contribution in [3.63, 3.8) is 0 Å². The number of nitrogens with zero attached hydrogens (tertiary/aromatic N) is 3. The Kier molecular flexibility index (Phi) is 8.43. The Morgan fingerprint density at radius 3 is 1.65 bits per heavy atom. The number of rotatable bonds is 5. The minimum absolute atomic E-state index is 0. The Hall–Kier alpha value is -6.02. The summed E-state index contributed by atoms with van der Waals surface area (Å²) < 4.78 is 2.66. The van der Waals surface area contributed by atoms with Gasteiger partial charge in [-0.3, -0.25) is 0 Å². The SMILES string of the molecule is C.[C-]#[N+]/C(C#N)=C\c1ccc(-c2cc3sc4c(c3s2)C(C)(C)c2cc(N(c3ccc5c(c3)C(C)(C)c3ccccc3-5)c3ccc5c(c3)C(C)(C)c3ccccc3-5)ccc2-4)s1. The molecule has 0 N–H and O–H groups in total. The van der Waals surface area contributed by atoms with Gasteiger partial charge in [0, 0.05) is 57.5 Å². The smallest absolute Gasteiger partial charge is 0.263 e. The molecule has 0 fully saturated rings. The maximum atomic E-state index is 9.29. The van der Waals surface area contributed by atoms with Crippen molar-refractivity contribution in [1.82, 2.24) is 0 Å². The maximum absolute atomic E-state index is 9.29. The third kappa shape index (κ3) is 5.28. The maximum Gasteiger partial charge on any atom is 0.263 e. The summed E-state index contributed by atoms with van der Waals surface area (Å²) in [6.45, 7) is 21.5. The van der Waals surface area contributed by atoms with Crippen molar-refractivity contribution >= 4 is 66.5 Å². The number of fused-ring (bicyclic) bond motifs is 11. The van der Waals surface area contributed by atoms with Crippen molar-refractivity contribution in [2.24, 2.45) is 0 Å². The predicted molar refractivity (Wildman–Crippen MR) is 257 cm³/mol. The standard InChI is InChI=1S/C53H39N3S3.CH4/c1-51(2)40-14-10-8-12-35(40)37-20-16-31(25-42(37)51)56(32-17-21-38-36-13-9-11-15-41(36)52(3,4)43(38)26-32)33-18-22-39-44(27-33)53(5,6)48-49(39)59-47-28-46(58-50(47)48)45-23-19-34(57-45)24-30(29-54)55-7;/h8-28H,1-6H3;1H4/b30-24-;. The molecule has 0 saturated heterocycles. The molecule has 0 amide bonds. The van der Waals surface area contributed by atoms with Crippen LogP contribution < -0.4 is 4.90 Å². The first-order valence-corrected chi connectivity index (χ1v) is 22.5. The second-order valence-corrected chi connectivity index (χ2v) is 20.8. The van der Waals surface area contributed by atoms with Gasteiger partial charge >= 0.3 is 0 Å². The van der Waals surface area contributed by atoms with Crippen molar-refractivity contribution < 1.29 is 0 Å². The van der Waals surface area contributed by atoms with Gasteiger partial charge in [0.15, 0.2) is 0 Å². The quantitative estimate of drug-likeness (QED) is 0.128. The molecule has 0 saturated carbocycles. The summed E-state index contributed by atoms with van der Waals surface area (Å²) >= 11 is 5.39. The largest absolute Gasteiger partial charge is 0.310 e. The van der Waals surface area contributed by atoms with Crippen LogP contribution >= 0.6 is 34.0 Å². The number of nitriles is 1. The topological polar surface area (TPSA) is 31.4 Å². The van der Waals surface area contributed by atoms with E-state index in [1.54, 1.807) is 17.4 Å². The lowest BCUT2D eigenvalue weighted by Crippen LogP contribution is -2.19. The van der Waals surface area contributed by atoms with Crippen LogP contribution in [-0.4, -0.2) is 0 Å². The first kappa shape index (κ1) is 38.2. The van der Waals surface area contributed by atoms with Gasteiger partial charge in [0.25, 0.3) is 5.70 Å². The molecule has 0 bridgehead atoms. The summed E-state index contributed by atoms with van der Waals surface area (Å²) in [6.07, 6.45) is 1.68. The highest BCUT2D eigenvalue weighted by Gasteiger charge is 2.41. The van der Waals surface area contributed by atoms with Crippen LogP contribution in [0.1, 0.15) is 87.2 Å². The summed E-state index contributed by atoms with van der Waals surface area (Å²) in [7, 11) is 0. The highest BCUT2D eigenvalue weighted by Crippen LogP contribution is 2.60. The van der Waals surface area contributed by atoms with Crippen LogP contribution in [0.3, 0.4) is 0 Å². The van der Waals surface area contributed by atoms with E-state index in [1.807, 2.05) is 34.8 Å². The molecule has 0 unspecified atom stereocenters. The molecule has 0 radical (unpaired) electrons. The third-order valence-corrected chi connectivity index (χ3v) is 16.9. The Labute approximate surface area is 365 Å². The van der Waals surface area contributed by atoms with Crippen LogP contribution in [0, 0.1) is 17.9 Å². The first-order valence-electron chi connectivity index (χ1n) is 20.0. The van der Waals surface area contributed by atoms with E-state index in [0.29, 0.717) is 0 Å². The van der Waals surface area contributed by atoms with Gasteiger partial charge in [-0.05, 0) is 122 Å². The van der Waals surface area contributed by atoms with E-state index in [-0.39, 0.29) is 29.4 Å². The van der Waals surface area contributed by atoms with E-state index in [4.69, 9.17) is 6.57 Å². The Bertz CT molecular complexity index is 3120. The molecule has 0 atom stereocenters. The van der Waals surface area contributed by atoms with E-state index in [0.717, 1.165) is 26.8 Å². The molecule has 3 aliphatic rings. The fourth-order valence-corrected chi connectivity index (χ4v) is 14.2. The van der Waals surface area contributed by atoms with Gasteiger partial charge in [-0.2, -0.15) is 0 Å². The minimum Gasteiger partial charge on any atom is -0.310 e.